The van der Waals surface area contributed by atoms with Crippen molar-refractivity contribution < 1.29 is 4.74 Å². The lowest BCUT2D eigenvalue weighted by Crippen LogP contribution is -1.99. The predicted octanol–water partition coefficient (Wildman–Crippen LogP) is 2.51. The Balaban J connectivity index is 1.68. The molecule has 0 unspecified atom stereocenters. The maximum Gasteiger partial charge on any atom is 0.178 e. The van der Waals surface area contributed by atoms with Crippen LogP contribution in [0.2, 0.25) is 0 Å². The standard InChI is InChI=1S/C15H12N4O/c1-3-7-16-12(5-1)11-20-13-9-18-15(19-10-13)14-6-2-4-8-17-14/h1-10H,11H2. The zero-order valence-electron chi connectivity index (χ0n) is 10.7. The van der Waals surface area contributed by atoms with Crippen LogP contribution < -0.4 is 4.74 Å². The molecular weight excluding hydrogens is 252 g/mol. The topological polar surface area (TPSA) is 60.8 Å². The van der Waals surface area contributed by atoms with Crippen LogP contribution in [0.25, 0.3) is 11.5 Å². The maximum atomic E-state index is 5.58. The molecule has 3 rings (SSSR count). The molecule has 0 aromatic carbocycles. The smallest absolute Gasteiger partial charge is 0.178 e. The Hall–Kier alpha value is -2.82. The quantitative estimate of drug-likeness (QED) is 0.724. The van der Waals surface area contributed by atoms with Gasteiger partial charge in [0, 0.05) is 12.4 Å². The monoisotopic (exact) mass is 264 g/mol. The Morgan fingerprint density at radius 2 is 1.55 bits per heavy atom. The number of ether oxygens (including phenoxy) is 1. The first-order valence-corrected chi connectivity index (χ1v) is 6.18. The number of hydrogen-bond donors (Lipinski definition) is 0. The molecule has 98 valence electrons. The van der Waals surface area contributed by atoms with Gasteiger partial charge in [-0.3, -0.25) is 9.97 Å². The summed E-state index contributed by atoms with van der Waals surface area (Å²) in [5.74, 6) is 1.19. The lowest BCUT2D eigenvalue weighted by atomic mass is 10.3. The SMILES string of the molecule is c1ccc(COc2cnc(-c3ccccn3)nc2)nc1. The molecule has 0 spiro atoms. The number of rotatable bonds is 4. The highest BCUT2D eigenvalue weighted by Crippen LogP contribution is 2.14. The molecule has 3 heterocycles. The fourth-order valence-corrected chi connectivity index (χ4v) is 1.66. The third-order valence-electron chi connectivity index (χ3n) is 2.64. The van der Waals surface area contributed by atoms with Gasteiger partial charge < -0.3 is 4.74 Å². The van der Waals surface area contributed by atoms with Crippen molar-refractivity contribution in [2.24, 2.45) is 0 Å². The molecular formula is C15H12N4O. The largest absolute Gasteiger partial charge is 0.484 e. The van der Waals surface area contributed by atoms with Crippen LogP contribution in [-0.2, 0) is 6.61 Å². The molecule has 0 saturated carbocycles. The zero-order chi connectivity index (χ0) is 13.6. The van der Waals surface area contributed by atoms with Gasteiger partial charge in [-0.25, -0.2) is 9.97 Å². The summed E-state index contributed by atoms with van der Waals surface area (Å²) in [4.78, 5) is 16.9. The Bertz CT molecular complexity index is 656. The van der Waals surface area contributed by atoms with Crippen molar-refractivity contribution in [1.82, 2.24) is 19.9 Å². The lowest BCUT2D eigenvalue weighted by molar-refractivity contribution is 0.299. The van der Waals surface area contributed by atoms with Gasteiger partial charge in [-0.05, 0) is 24.3 Å². The first-order valence-electron chi connectivity index (χ1n) is 6.18. The van der Waals surface area contributed by atoms with Crippen molar-refractivity contribution in [1.29, 1.82) is 0 Å². The average Bonchev–Trinajstić information content (AvgIpc) is 2.55. The fraction of sp³-hybridized carbons (Fsp3) is 0.0667. The molecule has 0 fully saturated rings. The van der Waals surface area contributed by atoms with E-state index in [4.69, 9.17) is 4.74 Å². The van der Waals surface area contributed by atoms with Crippen molar-refractivity contribution >= 4 is 0 Å². The van der Waals surface area contributed by atoms with Crippen molar-refractivity contribution in [3.63, 3.8) is 0 Å². The second kappa shape index (κ2) is 5.88. The van der Waals surface area contributed by atoms with E-state index in [0.717, 1.165) is 11.4 Å². The van der Waals surface area contributed by atoms with E-state index in [2.05, 4.69) is 19.9 Å². The minimum absolute atomic E-state index is 0.396. The number of hydrogen-bond acceptors (Lipinski definition) is 5. The van der Waals surface area contributed by atoms with Gasteiger partial charge in [0.25, 0.3) is 0 Å². The molecule has 0 aliphatic rings. The predicted molar refractivity (Wildman–Crippen MR) is 73.8 cm³/mol. The van der Waals surface area contributed by atoms with Crippen LogP contribution in [0.4, 0.5) is 0 Å². The van der Waals surface area contributed by atoms with Gasteiger partial charge >= 0.3 is 0 Å². The van der Waals surface area contributed by atoms with E-state index in [1.54, 1.807) is 24.8 Å². The molecule has 0 aliphatic carbocycles. The van der Waals surface area contributed by atoms with Crippen LogP contribution in [0.15, 0.2) is 61.2 Å². The van der Waals surface area contributed by atoms with E-state index in [-0.39, 0.29) is 0 Å². The summed E-state index contributed by atoms with van der Waals surface area (Å²) in [6.45, 7) is 0.396. The fourth-order valence-electron chi connectivity index (χ4n) is 1.66. The molecule has 0 amide bonds. The minimum Gasteiger partial charge on any atom is -0.484 e. The molecule has 0 N–H and O–H groups in total. The normalized spacial score (nSPS) is 10.2. The molecule has 0 saturated heterocycles. The lowest BCUT2D eigenvalue weighted by Gasteiger charge is -2.05. The van der Waals surface area contributed by atoms with Crippen LogP contribution in [0.5, 0.6) is 5.75 Å². The summed E-state index contributed by atoms with van der Waals surface area (Å²) < 4.78 is 5.58. The highest BCUT2D eigenvalue weighted by molar-refractivity contribution is 5.48. The highest BCUT2D eigenvalue weighted by atomic mass is 16.5. The Labute approximate surface area is 116 Å². The molecule has 20 heavy (non-hydrogen) atoms. The maximum absolute atomic E-state index is 5.58. The molecule has 3 aromatic rings. The van der Waals surface area contributed by atoms with Crippen molar-refractivity contribution in [2.75, 3.05) is 0 Å². The van der Waals surface area contributed by atoms with Gasteiger partial charge in [0.2, 0.25) is 0 Å². The van der Waals surface area contributed by atoms with E-state index < -0.39 is 0 Å². The summed E-state index contributed by atoms with van der Waals surface area (Å²) in [5, 5.41) is 0. The number of pyridine rings is 2. The number of aromatic nitrogens is 4. The van der Waals surface area contributed by atoms with Gasteiger partial charge in [-0.15, -0.1) is 0 Å². The molecule has 5 heteroatoms. The second-order valence-corrected chi connectivity index (χ2v) is 4.07. The summed E-state index contributed by atoms with van der Waals surface area (Å²) in [6.07, 6.45) is 6.73. The van der Waals surface area contributed by atoms with E-state index in [0.29, 0.717) is 18.2 Å². The molecule has 3 aromatic heterocycles. The first kappa shape index (κ1) is 12.2. The first-order chi connectivity index (χ1) is 9.92. The Kier molecular flexibility index (Phi) is 3.59. The van der Waals surface area contributed by atoms with Crippen LogP contribution in [0.1, 0.15) is 5.69 Å². The molecule has 5 nitrogen and oxygen atoms in total. The van der Waals surface area contributed by atoms with Crippen molar-refractivity contribution in [3.05, 3.63) is 66.9 Å². The van der Waals surface area contributed by atoms with Crippen LogP contribution in [0, 0.1) is 0 Å². The van der Waals surface area contributed by atoms with Gasteiger partial charge in [0.15, 0.2) is 11.6 Å². The van der Waals surface area contributed by atoms with Crippen molar-refractivity contribution in [3.8, 4) is 17.3 Å². The minimum atomic E-state index is 0.396. The summed E-state index contributed by atoms with van der Waals surface area (Å²) >= 11 is 0. The van der Waals surface area contributed by atoms with Gasteiger partial charge in [-0.1, -0.05) is 12.1 Å². The molecule has 0 atom stereocenters. The van der Waals surface area contributed by atoms with Crippen LogP contribution in [0.3, 0.4) is 0 Å². The average molecular weight is 264 g/mol. The van der Waals surface area contributed by atoms with Crippen LogP contribution in [-0.4, -0.2) is 19.9 Å². The van der Waals surface area contributed by atoms with Gasteiger partial charge in [0.1, 0.15) is 12.3 Å². The Morgan fingerprint density at radius 3 is 2.20 bits per heavy atom. The molecule has 0 bridgehead atoms. The van der Waals surface area contributed by atoms with Gasteiger partial charge in [-0.2, -0.15) is 0 Å². The van der Waals surface area contributed by atoms with Crippen molar-refractivity contribution in [2.45, 2.75) is 6.61 Å². The van der Waals surface area contributed by atoms with Crippen LogP contribution >= 0.6 is 0 Å². The summed E-state index contributed by atoms with van der Waals surface area (Å²) in [7, 11) is 0. The van der Waals surface area contributed by atoms with E-state index >= 15 is 0 Å². The third kappa shape index (κ3) is 2.95. The van der Waals surface area contributed by atoms with Gasteiger partial charge in [0.05, 0.1) is 18.1 Å². The second-order valence-electron chi connectivity index (χ2n) is 4.07. The third-order valence-corrected chi connectivity index (χ3v) is 2.64. The molecule has 0 radical (unpaired) electrons. The summed E-state index contributed by atoms with van der Waals surface area (Å²) in [5.41, 5.74) is 1.60. The summed E-state index contributed by atoms with van der Waals surface area (Å²) in [6, 6.07) is 11.3. The zero-order valence-corrected chi connectivity index (χ0v) is 10.7. The Morgan fingerprint density at radius 1 is 0.800 bits per heavy atom. The highest BCUT2D eigenvalue weighted by Gasteiger charge is 2.03. The number of nitrogens with zero attached hydrogens (tertiary/aromatic N) is 4. The van der Waals surface area contributed by atoms with E-state index in [1.165, 1.54) is 0 Å². The van der Waals surface area contributed by atoms with E-state index in [1.807, 2.05) is 36.4 Å². The molecule has 0 aliphatic heterocycles. The van der Waals surface area contributed by atoms with E-state index in [9.17, 15) is 0 Å².